The van der Waals surface area contributed by atoms with Crippen molar-refractivity contribution in [3.8, 4) is 0 Å². The number of rotatable bonds is 3. The molecule has 3 nitrogen and oxygen atoms in total. The van der Waals surface area contributed by atoms with Gasteiger partial charge in [-0.1, -0.05) is 12.1 Å². The molecule has 1 heterocycles. The van der Waals surface area contributed by atoms with Crippen LogP contribution in [0.5, 0.6) is 0 Å². The van der Waals surface area contributed by atoms with Crippen molar-refractivity contribution in [2.45, 2.75) is 40.2 Å². The van der Waals surface area contributed by atoms with Crippen molar-refractivity contribution < 1.29 is 9.90 Å². The van der Waals surface area contributed by atoms with Crippen LogP contribution >= 0.6 is 0 Å². The van der Waals surface area contributed by atoms with E-state index in [9.17, 15) is 4.79 Å². The maximum atomic E-state index is 11.0. The van der Waals surface area contributed by atoms with Gasteiger partial charge >= 0.3 is 5.97 Å². The average molecular weight is 245 g/mol. The summed E-state index contributed by atoms with van der Waals surface area (Å²) < 4.78 is 2.18. The predicted octanol–water partition coefficient (Wildman–Crippen LogP) is 3.47. The highest BCUT2D eigenvalue weighted by atomic mass is 16.4. The van der Waals surface area contributed by atoms with Crippen molar-refractivity contribution in [3.05, 3.63) is 35.0 Å². The third-order valence-corrected chi connectivity index (χ3v) is 3.36. The zero-order valence-corrected chi connectivity index (χ0v) is 11.3. The summed E-state index contributed by atoms with van der Waals surface area (Å²) in [5.74, 6) is -0.779. The smallest absolute Gasteiger partial charge is 0.307 e. The Bertz CT molecular complexity index is 608. The van der Waals surface area contributed by atoms with E-state index in [-0.39, 0.29) is 6.42 Å². The first kappa shape index (κ1) is 12.7. The fourth-order valence-corrected chi connectivity index (χ4v) is 2.54. The van der Waals surface area contributed by atoms with Gasteiger partial charge < -0.3 is 9.67 Å². The second-order valence-electron chi connectivity index (χ2n) is 5.15. The Morgan fingerprint density at radius 2 is 1.89 bits per heavy atom. The number of aliphatic carboxylic acids is 1. The SMILES string of the molecule is Cc1ccc(C)c2c1c(CC(=O)O)cn2C(C)C. The lowest BCUT2D eigenvalue weighted by atomic mass is 10.0. The molecule has 0 bridgehead atoms. The van der Waals surface area contributed by atoms with Gasteiger partial charge in [-0.2, -0.15) is 0 Å². The zero-order valence-electron chi connectivity index (χ0n) is 11.3. The molecule has 0 saturated carbocycles. The standard InChI is InChI=1S/C15H19NO2/c1-9(2)16-8-12(7-13(17)18)14-10(3)5-6-11(4)15(14)16/h5-6,8-9H,7H2,1-4H3,(H,17,18). The molecule has 0 fully saturated rings. The van der Waals surface area contributed by atoms with E-state index < -0.39 is 5.97 Å². The van der Waals surface area contributed by atoms with Crippen LogP contribution in [0.1, 0.15) is 36.6 Å². The number of aromatic nitrogens is 1. The van der Waals surface area contributed by atoms with Crippen LogP contribution in [0.25, 0.3) is 10.9 Å². The molecule has 1 aromatic heterocycles. The summed E-state index contributed by atoms with van der Waals surface area (Å²) in [4.78, 5) is 11.0. The number of carboxylic acids is 1. The maximum absolute atomic E-state index is 11.0. The lowest BCUT2D eigenvalue weighted by Gasteiger charge is -2.11. The number of carbonyl (C=O) groups is 1. The van der Waals surface area contributed by atoms with E-state index in [0.717, 1.165) is 16.5 Å². The van der Waals surface area contributed by atoms with Crippen LogP contribution in [-0.2, 0) is 11.2 Å². The third-order valence-electron chi connectivity index (χ3n) is 3.36. The molecule has 0 aliphatic rings. The molecular weight excluding hydrogens is 226 g/mol. The number of carboxylic acid groups (broad SMARTS) is 1. The highest BCUT2D eigenvalue weighted by Gasteiger charge is 2.16. The number of hydrogen-bond donors (Lipinski definition) is 1. The summed E-state index contributed by atoms with van der Waals surface area (Å²) in [6, 6.07) is 4.49. The quantitative estimate of drug-likeness (QED) is 0.899. The molecular formula is C15H19NO2. The highest BCUT2D eigenvalue weighted by molar-refractivity contribution is 5.92. The van der Waals surface area contributed by atoms with Gasteiger partial charge in [0.15, 0.2) is 0 Å². The lowest BCUT2D eigenvalue weighted by Crippen LogP contribution is -2.00. The number of benzene rings is 1. The molecule has 0 aliphatic carbocycles. The molecule has 18 heavy (non-hydrogen) atoms. The summed E-state index contributed by atoms with van der Waals surface area (Å²) in [5.41, 5.74) is 4.42. The molecule has 96 valence electrons. The summed E-state index contributed by atoms with van der Waals surface area (Å²) in [7, 11) is 0. The van der Waals surface area contributed by atoms with Gasteiger partial charge in [-0.3, -0.25) is 4.79 Å². The molecule has 0 spiro atoms. The van der Waals surface area contributed by atoms with Crippen molar-refractivity contribution >= 4 is 16.9 Å². The second-order valence-corrected chi connectivity index (χ2v) is 5.15. The Labute approximate surface area is 107 Å². The van der Waals surface area contributed by atoms with Crippen molar-refractivity contribution in [1.29, 1.82) is 0 Å². The van der Waals surface area contributed by atoms with E-state index in [0.29, 0.717) is 6.04 Å². The Hall–Kier alpha value is -1.77. The van der Waals surface area contributed by atoms with Gasteiger partial charge in [0.1, 0.15) is 0 Å². The largest absolute Gasteiger partial charge is 0.481 e. The van der Waals surface area contributed by atoms with E-state index >= 15 is 0 Å². The van der Waals surface area contributed by atoms with Crippen LogP contribution in [0.2, 0.25) is 0 Å². The number of nitrogens with zero attached hydrogens (tertiary/aromatic N) is 1. The van der Waals surface area contributed by atoms with Gasteiger partial charge in [0.25, 0.3) is 0 Å². The first-order valence-electron chi connectivity index (χ1n) is 6.23. The van der Waals surface area contributed by atoms with Gasteiger partial charge in [0.05, 0.1) is 11.9 Å². The Kier molecular flexibility index (Phi) is 3.16. The Balaban J connectivity index is 2.80. The van der Waals surface area contributed by atoms with E-state index in [1.165, 1.54) is 11.1 Å². The molecule has 1 N–H and O–H groups in total. The zero-order chi connectivity index (χ0) is 13.4. The van der Waals surface area contributed by atoms with Gasteiger partial charge in [-0.25, -0.2) is 0 Å². The summed E-state index contributed by atoms with van der Waals surface area (Å²) >= 11 is 0. The van der Waals surface area contributed by atoms with Crippen LogP contribution in [0.4, 0.5) is 0 Å². The average Bonchev–Trinajstić information content (AvgIpc) is 2.63. The van der Waals surface area contributed by atoms with Gasteiger partial charge in [-0.15, -0.1) is 0 Å². The van der Waals surface area contributed by atoms with Crippen LogP contribution in [0, 0.1) is 13.8 Å². The minimum atomic E-state index is -0.779. The van der Waals surface area contributed by atoms with Crippen molar-refractivity contribution in [2.24, 2.45) is 0 Å². The van der Waals surface area contributed by atoms with Crippen LogP contribution < -0.4 is 0 Å². The fraction of sp³-hybridized carbons (Fsp3) is 0.400. The first-order chi connectivity index (χ1) is 8.41. The molecule has 2 aromatic rings. The molecule has 0 radical (unpaired) electrons. The topological polar surface area (TPSA) is 42.2 Å². The van der Waals surface area contributed by atoms with Crippen LogP contribution in [0.3, 0.4) is 0 Å². The molecule has 3 heteroatoms. The molecule has 2 rings (SSSR count). The molecule has 0 atom stereocenters. The fourth-order valence-electron chi connectivity index (χ4n) is 2.54. The number of aryl methyl sites for hydroxylation is 2. The maximum Gasteiger partial charge on any atom is 0.307 e. The highest BCUT2D eigenvalue weighted by Crippen LogP contribution is 2.30. The number of fused-ring (bicyclic) bond motifs is 1. The minimum Gasteiger partial charge on any atom is -0.481 e. The van der Waals surface area contributed by atoms with E-state index in [1.54, 1.807) is 0 Å². The Morgan fingerprint density at radius 1 is 1.28 bits per heavy atom. The Morgan fingerprint density at radius 3 is 2.44 bits per heavy atom. The predicted molar refractivity (Wildman–Crippen MR) is 73.1 cm³/mol. The van der Waals surface area contributed by atoms with Crippen molar-refractivity contribution in [1.82, 2.24) is 4.57 Å². The van der Waals surface area contributed by atoms with E-state index in [4.69, 9.17) is 5.11 Å². The molecule has 0 saturated heterocycles. The molecule has 0 unspecified atom stereocenters. The lowest BCUT2D eigenvalue weighted by molar-refractivity contribution is -0.136. The van der Waals surface area contributed by atoms with Crippen LogP contribution in [0.15, 0.2) is 18.3 Å². The minimum absolute atomic E-state index is 0.0838. The number of hydrogen-bond acceptors (Lipinski definition) is 1. The second kappa shape index (κ2) is 4.48. The molecule has 0 aliphatic heterocycles. The summed E-state index contributed by atoms with van der Waals surface area (Å²) in [5, 5.41) is 10.1. The van der Waals surface area contributed by atoms with Gasteiger partial charge in [0.2, 0.25) is 0 Å². The first-order valence-corrected chi connectivity index (χ1v) is 6.23. The third kappa shape index (κ3) is 2.01. The van der Waals surface area contributed by atoms with Crippen LogP contribution in [-0.4, -0.2) is 15.6 Å². The van der Waals surface area contributed by atoms with Crippen molar-refractivity contribution in [3.63, 3.8) is 0 Å². The molecule has 0 amide bonds. The van der Waals surface area contributed by atoms with Gasteiger partial charge in [-0.05, 0) is 44.4 Å². The summed E-state index contributed by atoms with van der Waals surface area (Å²) in [6.07, 6.45) is 2.07. The normalized spacial score (nSPS) is 11.4. The van der Waals surface area contributed by atoms with Gasteiger partial charge in [0, 0.05) is 17.6 Å². The summed E-state index contributed by atoms with van der Waals surface area (Å²) in [6.45, 7) is 8.35. The van der Waals surface area contributed by atoms with Crippen molar-refractivity contribution in [2.75, 3.05) is 0 Å². The van der Waals surface area contributed by atoms with E-state index in [1.807, 2.05) is 13.1 Å². The van der Waals surface area contributed by atoms with E-state index in [2.05, 4.69) is 37.5 Å². The monoisotopic (exact) mass is 245 g/mol. The molecule has 1 aromatic carbocycles.